The van der Waals surface area contributed by atoms with E-state index in [0.717, 1.165) is 4.90 Å². The predicted octanol–water partition coefficient (Wildman–Crippen LogP) is 7.18. The lowest BCUT2D eigenvalue weighted by Crippen LogP contribution is -2.30. The molecule has 7 nitrogen and oxygen atoms in total. The summed E-state index contributed by atoms with van der Waals surface area (Å²) in [6.45, 7) is 0. The normalized spacial score (nSPS) is 11.0. The van der Waals surface area contributed by atoms with Crippen molar-refractivity contribution in [3.8, 4) is 0 Å². The van der Waals surface area contributed by atoms with Gasteiger partial charge >= 0.3 is 0 Å². The van der Waals surface area contributed by atoms with Gasteiger partial charge in [-0.25, -0.2) is 4.98 Å². The van der Waals surface area contributed by atoms with E-state index in [0.29, 0.717) is 37.7 Å². The highest BCUT2D eigenvalue weighted by molar-refractivity contribution is 8.00. The lowest BCUT2D eigenvalue weighted by Gasteiger charge is -2.13. The summed E-state index contributed by atoms with van der Waals surface area (Å²) in [5.74, 6) is -0.804. The van der Waals surface area contributed by atoms with Crippen LogP contribution in [-0.4, -0.2) is 28.5 Å². The average Bonchev–Trinajstić information content (AvgIpc) is 2.95. The van der Waals surface area contributed by atoms with E-state index in [4.69, 9.17) is 34.8 Å². The molecule has 0 spiro atoms. The van der Waals surface area contributed by atoms with Gasteiger partial charge in [-0.15, -0.1) is 11.8 Å². The van der Waals surface area contributed by atoms with Crippen LogP contribution in [0.25, 0.3) is 6.08 Å². The third-order valence-electron chi connectivity index (χ3n) is 5.27. The first-order chi connectivity index (χ1) is 19.3. The fraction of sp³-hybridized carbons (Fsp3) is 0.0345. The molecule has 0 unspecified atom stereocenters. The molecule has 0 fully saturated rings. The minimum atomic E-state index is -0.589. The molecule has 202 valence electrons. The fourth-order valence-electron chi connectivity index (χ4n) is 3.37. The van der Waals surface area contributed by atoms with Crippen molar-refractivity contribution in [1.29, 1.82) is 0 Å². The van der Waals surface area contributed by atoms with Crippen LogP contribution in [0.3, 0.4) is 0 Å². The van der Waals surface area contributed by atoms with Gasteiger partial charge < -0.3 is 16.0 Å². The first-order valence-corrected chi connectivity index (χ1v) is 13.9. The first-order valence-electron chi connectivity index (χ1n) is 11.8. The number of nitrogens with one attached hydrogen (secondary N) is 3. The second-order valence-corrected chi connectivity index (χ2v) is 10.5. The summed E-state index contributed by atoms with van der Waals surface area (Å²) in [6.07, 6.45) is 2.87. The largest absolute Gasteiger partial charge is 0.321 e. The van der Waals surface area contributed by atoms with Gasteiger partial charge in [-0.3, -0.25) is 14.4 Å². The smallest absolute Gasteiger partial charge is 0.272 e. The summed E-state index contributed by atoms with van der Waals surface area (Å²) in [5, 5.41) is 9.25. The van der Waals surface area contributed by atoms with Crippen LogP contribution in [0.2, 0.25) is 15.1 Å². The van der Waals surface area contributed by atoms with Crippen molar-refractivity contribution in [3.05, 3.63) is 123 Å². The van der Waals surface area contributed by atoms with Gasteiger partial charge in [0, 0.05) is 38.0 Å². The van der Waals surface area contributed by atoms with E-state index >= 15 is 0 Å². The predicted molar refractivity (Wildman–Crippen MR) is 162 cm³/mol. The van der Waals surface area contributed by atoms with Crippen molar-refractivity contribution in [1.82, 2.24) is 10.3 Å². The molecule has 0 aliphatic carbocycles. The van der Waals surface area contributed by atoms with Crippen molar-refractivity contribution < 1.29 is 14.4 Å². The second-order valence-electron chi connectivity index (χ2n) is 8.19. The van der Waals surface area contributed by atoms with Crippen LogP contribution >= 0.6 is 46.6 Å². The molecule has 1 aromatic heterocycles. The highest BCUT2D eigenvalue weighted by Crippen LogP contribution is 2.27. The molecule has 3 N–H and O–H groups in total. The minimum absolute atomic E-state index is 0.0586. The zero-order valence-corrected chi connectivity index (χ0v) is 23.7. The number of anilines is 2. The Kier molecular flexibility index (Phi) is 10.2. The fourth-order valence-corrected chi connectivity index (χ4v) is 4.75. The van der Waals surface area contributed by atoms with Gasteiger partial charge in [-0.05, 0) is 60.7 Å². The molecular weight excluding hydrogens is 591 g/mol. The minimum Gasteiger partial charge on any atom is -0.321 e. The Labute approximate surface area is 249 Å². The van der Waals surface area contributed by atoms with Gasteiger partial charge in [0.2, 0.25) is 5.91 Å². The number of aromatic nitrogens is 1. The molecular formula is C29H21Cl3N4O3S. The van der Waals surface area contributed by atoms with Crippen molar-refractivity contribution in [2.75, 3.05) is 16.4 Å². The maximum atomic E-state index is 13.3. The maximum Gasteiger partial charge on any atom is 0.272 e. The van der Waals surface area contributed by atoms with Gasteiger partial charge in [0.1, 0.15) is 11.5 Å². The molecule has 0 atom stereocenters. The molecule has 4 rings (SSSR count). The van der Waals surface area contributed by atoms with E-state index in [1.165, 1.54) is 24.0 Å². The number of nitrogens with zero attached hydrogens (tertiary/aromatic N) is 1. The van der Waals surface area contributed by atoms with Gasteiger partial charge in [0.25, 0.3) is 11.8 Å². The topological polar surface area (TPSA) is 100 Å². The summed E-state index contributed by atoms with van der Waals surface area (Å²) in [4.78, 5) is 43.3. The molecule has 0 saturated heterocycles. The zero-order chi connectivity index (χ0) is 28.5. The van der Waals surface area contributed by atoms with E-state index in [1.54, 1.807) is 78.9 Å². The molecule has 0 aliphatic rings. The van der Waals surface area contributed by atoms with Crippen LogP contribution in [0, 0.1) is 0 Å². The maximum absolute atomic E-state index is 13.3. The lowest BCUT2D eigenvalue weighted by molar-refractivity contribution is -0.114. The number of rotatable bonds is 9. The molecule has 0 saturated carbocycles. The number of halogens is 3. The van der Waals surface area contributed by atoms with Crippen molar-refractivity contribution in [3.63, 3.8) is 0 Å². The van der Waals surface area contributed by atoms with E-state index in [1.807, 2.05) is 6.07 Å². The Balaban J connectivity index is 1.48. The summed E-state index contributed by atoms with van der Waals surface area (Å²) >= 11 is 19.7. The zero-order valence-electron chi connectivity index (χ0n) is 20.7. The van der Waals surface area contributed by atoms with Crippen molar-refractivity contribution in [2.45, 2.75) is 4.90 Å². The Bertz CT molecular complexity index is 1540. The van der Waals surface area contributed by atoms with Crippen LogP contribution in [0.1, 0.15) is 15.9 Å². The highest BCUT2D eigenvalue weighted by Gasteiger charge is 2.17. The van der Waals surface area contributed by atoms with Gasteiger partial charge in [-0.1, -0.05) is 65.1 Å². The van der Waals surface area contributed by atoms with E-state index < -0.39 is 11.8 Å². The molecule has 0 aliphatic heterocycles. The number of amides is 3. The summed E-state index contributed by atoms with van der Waals surface area (Å²) in [6, 6.07) is 23.6. The SMILES string of the molecule is O=C(CSc1cccc(NC(=O)/C(=C\c2c(Cl)cccc2Cl)NC(=O)c2ccccc2)c1)Nc1ccc(Cl)cn1. The van der Waals surface area contributed by atoms with Crippen LogP contribution < -0.4 is 16.0 Å². The third kappa shape index (κ3) is 8.34. The molecule has 40 heavy (non-hydrogen) atoms. The summed E-state index contributed by atoms with van der Waals surface area (Å²) in [7, 11) is 0. The second kappa shape index (κ2) is 14.0. The van der Waals surface area contributed by atoms with Crippen LogP contribution in [0.4, 0.5) is 11.5 Å². The van der Waals surface area contributed by atoms with E-state index in [2.05, 4.69) is 20.9 Å². The molecule has 4 aromatic rings. The van der Waals surface area contributed by atoms with Crippen molar-refractivity contribution >= 4 is 81.9 Å². The average molecular weight is 612 g/mol. The first kappa shape index (κ1) is 29.2. The summed E-state index contributed by atoms with van der Waals surface area (Å²) < 4.78 is 0. The van der Waals surface area contributed by atoms with Gasteiger partial charge in [0.05, 0.1) is 10.8 Å². The summed E-state index contributed by atoms with van der Waals surface area (Å²) in [5.41, 5.74) is 1.16. The van der Waals surface area contributed by atoms with E-state index in [-0.39, 0.29) is 17.4 Å². The van der Waals surface area contributed by atoms with Crippen LogP contribution in [0.15, 0.2) is 102 Å². The monoisotopic (exact) mass is 610 g/mol. The quantitative estimate of drug-likeness (QED) is 0.137. The molecule has 1 heterocycles. The number of carbonyl (C=O) groups excluding carboxylic acids is 3. The molecule has 3 amide bonds. The molecule has 11 heteroatoms. The Hall–Kier alpha value is -3.82. The number of thioether (sulfide) groups is 1. The highest BCUT2D eigenvalue weighted by atomic mass is 35.5. The van der Waals surface area contributed by atoms with Gasteiger partial charge in [-0.2, -0.15) is 0 Å². The van der Waals surface area contributed by atoms with Crippen LogP contribution in [-0.2, 0) is 9.59 Å². The number of benzene rings is 3. The number of hydrogen-bond acceptors (Lipinski definition) is 5. The standard InChI is InChI=1S/C29H21Cl3N4O3S/c30-19-12-13-26(33-16-19)36-27(37)17-40-21-9-4-8-20(14-21)34-29(39)25(15-22-23(31)10-5-11-24(22)32)35-28(38)18-6-2-1-3-7-18/h1-16H,17H2,(H,34,39)(H,35,38)(H,33,36,37)/b25-15+. The number of hydrogen-bond donors (Lipinski definition) is 3. The third-order valence-corrected chi connectivity index (χ3v) is 7.15. The number of pyridine rings is 1. The lowest BCUT2D eigenvalue weighted by atomic mass is 10.1. The Morgan fingerprint density at radius 1 is 0.825 bits per heavy atom. The van der Waals surface area contributed by atoms with Crippen LogP contribution in [0.5, 0.6) is 0 Å². The van der Waals surface area contributed by atoms with Gasteiger partial charge in [0.15, 0.2) is 0 Å². The van der Waals surface area contributed by atoms with Crippen molar-refractivity contribution in [2.24, 2.45) is 0 Å². The Morgan fingerprint density at radius 2 is 1.55 bits per heavy atom. The van der Waals surface area contributed by atoms with E-state index in [9.17, 15) is 14.4 Å². The molecule has 0 radical (unpaired) electrons. The molecule has 0 bridgehead atoms. The number of carbonyl (C=O) groups is 3. The molecule has 3 aromatic carbocycles. The Morgan fingerprint density at radius 3 is 2.25 bits per heavy atom.